The SMILES string of the molecule is O=C(Nc1cc(Cl)c(O)c(Cl)c1)c1ccc(F)cc1Br. The number of benzene rings is 2. The molecule has 0 heterocycles. The summed E-state index contributed by atoms with van der Waals surface area (Å²) in [5, 5.41) is 12.0. The predicted molar refractivity (Wildman–Crippen MR) is 80.2 cm³/mol. The van der Waals surface area contributed by atoms with Crippen molar-refractivity contribution in [3.8, 4) is 5.75 Å². The second-order valence-electron chi connectivity index (χ2n) is 3.87. The Balaban J connectivity index is 2.28. The van der Waals surface area contributed by atoms with Crippen LogP contribution in [0.4, 0.5) is 10.1 Å². The van der Waals surface area contributed by atoms with Gasteiger partial charge in [0.1, 0.15) is 5.82 Å². The number of carbonyl (C=O) groups excluding carboxylic acids is 1. The van der Waals surface area contributed by atoms with Gasteiger partial charge in [-0.05, 0) is 46.3 Å². The van der Waals surface area contributed by atoms with Crippen molar-refractivity contribution in [2.75, 3.05) is 5.32 Å². The summed E-state index contributed by atoms with van der Waals surface area (Å²) < 4.78 is 13.3. The Morgan fingerprint density at radius 2 is 1.80 bits per heavy atom. The summed E-state index contributed by atoms with van der Waals surface area (Å²) in [7, 11) is 0. The molecule has 0 aliphatic carbocycles. The number of amides is 1. The van der Waals surface area contributed by atoms with Crippen molar-refractivity contribution >= 4 is 50.7 Å². The molecule has 0 saturated carbocycles. The van der Waals surface area contributed by atoms with Crippen LogP contribution in [0.5, 0.6) is 5.75 Å². The molecule has 0 fully saturated rings. The Bertz CT molecular complexity index is 671. The van der Waals surface area contributed by atoms with Crippen LogP contribution in [0.1, 0.15) is 10.4 Å². The summed E-state index contributed by atoms with van der Waals surface area (Å²) in [4.78, 5) is 12.0. The number of anilines is 1. The molecule has 2 aromatic rings. The fourth-order valence-corrected chi connectivity index (χ4v) is 2.53. The lowest BCUT2D eigenvalue weighted by Gasteiger charge is -2.09. The maximum Gasteiger partial charge on any atom is 0.256 e. The number of aromatic hydroxyl groups is 1. The van der Waals surface area contributed by atoms with E-state index in [4.69, 9.17) is 23.2 Å². The fraction of sp³-hybridized carbons (Fsp3) is 0. The molecule has 0 radical (unpaired) electrons. The summed E-state index contributed by atoms with van der Waals surface area (Å²) in [6, 6.07) is 6.43. The fourth-order valence-electron chi connectivity index (χ4n) is 1.51. The molecular formula is C13H7BrCl2FNO2. The molecule has 2 rings (SSSR count). The van der Waals surface area contributed by atoms with Crippen molar-refractivity contribution in [3.63, 3.8) is 0 Å². The van der Waals surface area contributed by atoms with Crippen LogP contribution in [-0.4, -0.2) is 11.0 Å². The van der Waals surface area contributed by atoms with Gasteiger partial charge in [0.05, 0.1) is 15.6 Å². The van der Waals surface area contributed by atoms with Crippen LogP contribution in [0.2, 0.25) is 10.0 Å². The average molecular weight is 379 g/mol. The van der Waals surface area contributed by atoms with Gasteiger partial charge < -0.3 is 10.4 Å². The highest BCUT2D eigenvalue weighted by molar-refractivity contribution is 9.10. The first-order valence-corrected chi connectivity index (χ1v) is 6.88. The van der Waals surface area contributed by atoms with Crippen LogP contribution in [0.25, 0.3) is 0 Å². The van der Waals surface area contributed by atoms with Crippen LogP contribution in [0.3, 0.4) is 0 Å². The topological polar surface area (TPSA) is 49.3 Å². The third-order valence-corrected chi connectivity index (χ3v) is 3.68. The molecule has 0 atom stereocenters. The Kier molecular flexibility index (Phi) is 4.52. The first-order chi connectivity index (χ1) is 9.38. The van der Waals surface area contributed by atoms with E-state index in [0.29, 0.717) is 10.2 Å². The highest BCUT2D eigenvalue weighted by Gasteiger charge is 2.13. The zero-order valence-electron chi connectivity index (χ0n) is 9.75. The van der Waals surface area contributed by atoms with Crippen molar-refractivity contribution in [1.29, 1.82) is 0 Å². The van der Waals surface area contributed by atoms with E-state index in [9.17, 15) is 14.3 Å². The number of phenolic OH excluding ortho intramolecular Hbond substituents is 1. The second-order valence-corrected chi connectivity index (χ2v) is 5.54. The van der Waals surface area contributed by atoms with E-state index in [1.165, 1.54) is 30.3 Å². The summed E-state index contributed by atoms with van der Waals surface area (Å²) in [5.74, 6) is -1.17. The van der Waals surface area contributed by atoms with Crippen LogP contribution in [0, 0.1) is 5.82 Å². The van der Waals surface area contributed by atoms with Gasteiger partial charge in [0.25, 0.3) is 5.91 Å². The number of hydrogen-bond donors (Lipinski definition) is 2. The Hall–Kier alpha value is -1.30. The number of halogens is 4. The van der Waals surface area contributed by atoms with Gasteiger partial charge in [0.15, 0.2) is 5.75 Å². The second kappa shape index (κ2) is 5.99. The average Bonchev–Trinajstić information content (AvgIpc) is 2.35. The quantitative estimate of drug-likeness (QED) is 0.733. The molecule has 3 nitrogen and oxygen atoms in total. The van der Waals surface area contributed by atoms with Gasteiger partial charge in [0, 0.05) is 10.2 Å². The molecule has 1 amide bonds. The molecule has 20 heavy (non-hydrogen) atoms. The summed E-state index contributed by atoms with van der Waals surface area (Å²) in [6.45, 7) is 0. The molecule has 104 valence electrons. The minimum absolute atomic E-state index is 0.0194. The van der Waals surface area contributed by atoms with E-state index in [1.54, 1.807) is 0 Å². The number of rotatable bonds is 2. The minimum atomic E-state index is -0.463. The van der Waals surface area contributed by atoms with E-state index in [0.717, 1.165) is 0 Å². The molecule has 0 bridgehead atoms. The summed E-state index contributed by atoms with van der Waals surface area (Å²) >= 11 is 14.6. The number of nitrogens with one attached hydrogen (secondary N) is 1. The predicted octanol–water partition coefficient (Wildman–Crippen LogP) is 4.85. The molecule has 0 saturated heterocycles. The Morgan fingerprint density at radius 1 is 1.20 bits per heavy atom. The van der Waals surface area contributed by atoms with Crippen molar-refractivity contribution in [3.05, 3.63) is 56.2 Å². The van der Waals surface area contributed by atoms with Gasteiger partial charge in [-0.2, -0.15) is 0 Å². The molecule has 0 unspecified atom stereocenters. The third kappa shape index (κ3) is 3.23. The molecular weight excluding hydrogens is 372 g/mol. The minimum Gasteiger partial charge on any atom is -0.505 e. The molecule has 7 heteroatoms. The Labute approximate surface area is 132 Å². The first-order valence-electron chi connectivity index (χ1n) is 5.33. The monoisotopic (exact) mass is 377 g/mol. The van der Waals surface area contributed by atoms with E-state index < -0.39 is 11.7 Å². The molecule has 2 aromatic carbocycles. The maximum atomic E-state index is 13.0. The van der Waals surface area contributed by atoms with Gasteiger partial charge in [0.2, 0.25) is 0 Å². The van der Waals surface area contributed by atoms with Crippen molar-refractivity contribution < 1.29 is 14.3 Å². The van der Waals surface area contributed by atoms with Gasteiger partial charge >= 0.3 is 0 Å². The number of phenols is 1. The normalized spacial score (nSPS) is 10.4. The van der Waals surface area contributed by atoms with E-state index in [-0.39, 0.29) is 21.4 Å². The lowest BCUT2D eigenvalue weighted by Crippen LogP contribution is -2.12. The van der Waals surface area contributed by atoms with E-state index in [1.807, 2.05) is 0 Å². The van der Waals surface area contributed by atoms with Gasteiger partial charge in [-0.15, -0.1) is 0 Å². The molecule has 2 N–H and O–H groups in total. The van der Waals surface area contributed by atoms with Crippen LogP contribution in [0.15, 0.2) is 34.8 Å². The number of carbonyl (C=O) groups is 1. The van der Waals surface area contributed by atoms with Crippen LogP contribution < -0.4 is 5.32 Å². The largest absolute Gasteiger partial charge is 0.505 e. The highest BCUT2D eigenvalue weighted by atomic mass is 79.9. The summed E-state index contributed by atoms with van der Waals surface area (Å²) in [6.07, 6.45) is 0. The van der Waals surface area contributed by atoms with Crippen LogP contribution in [-0.2, 0) is 0 Å². The first kappa shape index (κ1) is 15.1. The lowest BCUT2D eigenvalue weighted by atomic mass is 10.2. The molecule has 0 aliphatic heterocycles. The van der Waals surface area contributed by atoms with E-state index in [2.05, 4.69) is 21.2 Å². The zero-order valence-corrected chi connectivity index (χ0v) is 12.9. The van der Waals surface area contributed by atoms with Crippen LogP contribution >= 0.6 is 39.1 Å². The van der Waals surface area contributed by atoms with Gasteiger partial charge in [-0.25, -0.2) is 4.39 Å². The molecule has 0 spiro atoms. The Morgan fingerprint density at radius 3 is 2.35 bits per heavy atom. The lowest BCUT2D eigenvalue weighted by molar-refractivity contribution is 0.102. The number of hydrogen-bond acceptors (Lipinski definition) is 2. The van der Waals surface area contributed by atoms with E-state index >= 15 is 0 Å². The standard InChI is InChI=1S/C13H7BrCl2FNO2/c14-9-3-6(17)1-2-8(9)13(20)18-7-4-10(15)12(19)11(16)5-7/h1-5,19H,(H,18,20). The maximum absolute atomic E-state index is 13.0. The van der Waals surface area contributed by atoms with Gasteiger partial charge in [-0.1, -0.05) is 23.2 Å². The van der Waals surface area contributed by atoms with Crippen molar-refractivity contribution in [2.45, 2.75) is 0 Å². The zero-order chi connectivity index (χ0) is 14.9. The highest BCUT2D eigenvalue weighted by Crippen LogP contribution is 2.34. The molecule has 0 aliphatic rings. The smallest absolute Gasteiger partial charge is 0.256 e. The summed E-state index contributed by atoms with van der Waals surface area (Å²) in [5.41, 5.74) is 0.575. The van der Waals surface area contributed by atoms with Crippen molar-refractivity contribution in [1.82, 2.24) is 0 Å². The van der Waals surface area contributed by atoms with Gasteiger partial charge in [-0.3, -0.25) is 4.79 Å². The third-order valence-electron chi connectivity index (χ3n) is 2.45. The molecule has 0 aromatic heterocycles. The van der Waals surface area contributed by atoms with Crippen molar-refractivity contribution in [2.24, 2.45) is 0 Å².